The first kappa shape index (κ1) is 13.0. The summed E-state index contributed by atoms with van der Waals surface area (Å²) in [5.74, 6) is 0.983. The van der Waals surface area contributed by atoms with Crippen molar-refractivity contribution in [3.8, 4) is 0 Å². The van der Waals surface area contributed by atoms with E-state index in [9.17, 15) is 0 Å². The molecule has 0 spiro atoms. The Morgan fingerprint density at radius 2 is 2.00 bits per heavy atom. The maximum Gasteiger partial charge on any atom is 0.00760 e. The third-order valence-electron chi connectivity index (χ3n) is 3.76. The number of nitrogens with one attached hydrogen (secondary N) is 1. The van der Waals surface area contributed by atoms with Crippen LogP contribution in [0.1, 0.15) is 46.0 Å². The second-order valence-corrected chi connectivity index (χ2v) is 5.08. The van der Waals surface area contributed by atoms with E-state index < -0.39 is 0 Å². The minimum atomic E-state index is 0.727. The van der Waals surface area contributed by atoms with Gasteiger partial charge in [0.15, 0.2) is 0 Å². The van der Waals surface area contributed by atoms with Crippen molar-refractivity contribution in [3.63, 3.8) is 0 Å². The van der Waals surface area contributed by atoms with Gasteiger partial charge in [-0.05, 0) is 52.2 Å². The van der Waals surface area contributed by atoms with Crippen LogP contribution in [0.25, 0.3) is 0 Å². The monoisotopic (exact) mass is 212 g/mol. The van der Waals surface area contributed by atoms with E-state index in [0.717, 1.165) is 25.0 Å². The van der Waals surface area contributed by atoms with Gasteiger partial charge in [-0.2, -0.15) is 0 Å². The van der Waals surface area contributed by atoms with Crippen LogP contribution in [0.4, 0.5) is 0 Å². The van der Waals surface area contributed by atoms with Gasteiger partial charge in [-0.3, -0.25) is 0 Å². The van der Waals surface area contributed by atoms with E-state index in [1.807, 2.05) is 0 Å². The Hall–Kier alpha value is -0.0800. The second-order valence-electron chi connectivity index (χ2n) is 5.08. The molecule has 0 aromatic rings. The molecule has 90 valence electrons. The highest BCUT2D eigenvalue weighted by molar-refractivity contribution is 4.73. The highest BCUT2D eigenvalue weighted by Gasteiger charge is 2.18. The van der Waals surface area contributed by atoms with E-state index in [1.54, 1.807) is 0 Å². The van der Waals surface area contributed by atoms with Crippen molar-refractivity contribution in [2.45, 2.75) is 52.0 Å². The summed E-state index contributed by atoms with van der Waals surface area (Å²) in [4.78, 5) is 2.55. The third kappa shape index (κ3) is 4.98. The molecular weight excluding hydrogens is 184 g/mol. The minimum Gasteiger partial charge on any atom is -0.317 e. The number of nitrogens with zero attached hydrogens (tertiary/aromatic N) is 1. The van der Waals surface area contributed by atoms with E-state index in [-0.39, 0.29) is 0 Å². The molecule has 1 fully saturated rings. The standard InChI is InChI=1S/C13H28N2/c1-4-14-10-9-12(2)15(3)11-13-7-5-6-8-13/h12-14H,4-11H2,1-3H3. The highest BCUT2D eigenvalue weighted by atomic mass is 15.1. The molecule has 0 aliphatic heterocycles. The summed E-state index contributed by atoms with van der Waals surface area (Å²) in [5.41, 5.74) is 0. The Morgan fingerprint density at radius 1 is 1.33 bits per heavy atom. The highest BCUT2D eigenvalue weighted by Crippen LogP contribution is 2.25. The van der Waals surface area contributed by atoms with E-state index in [2.05, 4.69) is 31.1 Å². The molecule has 2 heteroatoms. The summed E-state index contributed by atoms with van der Waals surface area (Å²) >= 11 is 0. The molecule has 2 nitrogen and oxygen atoms in total. The molecule has 0 bridgehead atoms. The molecule has 15 heavy (non-hydrogen) atoms. The number of hydrogen-bond donors (Lipinski definition) is 1. The summed E-state index contributed by atoms with van der Waals surface area (Å²) in [5, 5.41) is 3.40. The zero-order chi connectivity index (χ0) is 11.1. The SMILES string of the molecule is CCNCCC(C)N(C)CC1CCCC1. The smallest absolute Gasteiger partial charge is 0.00760 e. The molecule has 1 atom stereocenters. The van der Waals surface area contributed by atoms with E-state index in [0.29, 0.717) is 0 Å². The quantitative estimate of drug-likeness (QED) is 0.652. The van der Waals surface area contributed by atoms with Gasteiger partial charge in [0.05, 0.1) is 0 Å². The van der Waals surface area contributed by atoms with Crippen molar-refractivity contribution in [2.24, 2.45) is 5.92 Å². The van der Waals surface area contributed by atoms with Crippen LogP contribution in [-0.2, 0) is 0 Å². The molecule has 1 aliphatic rings. The Balaban J connectivity index is 2.11. The minimum absolute atomic E-state index is 0.727. The molecule has 0 aromatic carbocycles. The summed E-state index contributed by atoms with van der Waals surface area (Å²) in [6, 6.07) is 0.727. The van der Waals surface area contributed by atoms with E-state index in [1.165, 1.54) is 38.6 Å². The van der Waals surface area contributed by atoms with Crippen LogP contribution in [0.2, 0.25) is 0 Å². The molecule has 0 saturated heterocycles. The first-order valence-corrected chi connectivity index (χ1v) is 6.65. The molecule has 1 unspecified atom stereocenters. The normalized spacial score (nSPS) is 20.0. The fourth-order valence-corrected chi connectivity index (χ4v) is 2.49. The lowest BCUT2D eigenvalue weighted by Gasteiger charge is -2.27. The molecule has 1 saturated carbocycles. The summed E-state index contributed by atoms with van der Waals surface area (Å²) in [6.45, 7) is 8.10. The lowest BCUT2D eigenvalue weighted by atomic mass is 10.1. The van der Waals surface area contributed by atoms with Gasteiger partial charge in [0, 0.05) is 12.6 Å². The Labute approximate surface area is 95.4 Å². The van der Waals surface area contributed by atoms with Gasteiger partial charge in [0.25, 0.3) is 0 Å². The average Bonchev–Trinajstić information content (AvgIpc) is 2.70. The van der Waals surface area contributed by atoms with E-state index in [4.69, 9.17) is 0 Å². The van der Waals surface area contributed by atoms with Crippen LogP contribution in [0.3, 0.4) is 0 Å². The predicted octanol–water partition coefficient (Wildman–Crippen LogP) is 2.50. The maximum atomic E-state index is 3.40. The predicted molar refractivity (Wildman–Crippen MR) is 67.2 cm³/mol. The van der Waals surface area contributed by atoms with E-state index >= 15 is 0 Å². The van der Waals surface area contributed by atoms with Gasteiger partial charge >= 0.3 is 0 Å². The van der Waals surface area contributed by atoms with Gasteiger partial charge in [0.2, 0.25) is 0 Å². The van der Waals surface area contributed by atoms with Gasteiger partial charge < -0.3 is 10.2 Å². The lowest BCUT2D eigenvalue weighted by molar-refractivity contribution is 0.209. The van der Waals surface area contributed by atoms with Crippen LogP contribution in [0.5, 0.6) is 0 Å². The Kier molecular flexibility index (Phi) is 6.26. The fraction of sp³-hybridized carbons (Fsp3) is 1.00. The molecule has 0 aromatic heterocycles. The number of hydrogen-bond acceptors (Lipinski definition) is 2. The lowest BCUT2D eigenvalue weighted by Crippen LogP contribution is -2.35. The number of rotatable bonds is 7. The van der Waals surface area contributed by atoms with Gasteiger partial charge in [-0.25, -0.2) is 0 Å². The van der Waals surface area contributed by atoms with Crippen LogP contribution in [0, 0.1) is 5.92 Å². The molecule has 0 radical (unpaired) electrons. The first-order chi connectivity index (χ1) is 7.24. The Morgan fingerprint density at radius 3 is 2.60 bits per heavy atom. The van der Waals surface area contributed by atoms with Crippen molar-refractivity contribution in [1.82, 2.24) is 10.2 Å². The molecular formula is C13H28N2. The maximum absolute atomic E-state index is 3.40. The van der Waals surface area contributed by atoms with Gasteiger partial charge in [0.1, 0.15) is 0 Å². The molecule has 1 N–H and O–H groups in total. The third-order valence-corrected chi connectivity index (χ3v) is 3.76. The van der Waals surface area contributed by atoms with Crippen LogP contribution in [0.15, 0.2) is 0 Å². The molecule has 0 heterocycles. The summed E-state index contributed by atoms with van der Waals surface area (Å²) < 4.78 is 0. The zero-order valence-corrected chi connectivity index (χ0v) is 10.8. The zero-order valence-electron chi connectivity index (χ0n) is 10.8. The van der Waals surface area contributed by atoms with Crippen molar-refractivity contribution in [3.05, 3.63) is 0 Å². The van der Waals surface area contributed by atoms with Gasteiger partial charge in [-0.1, -0.05) is 19.8 Å². The first-order valence-electron chi connectivity index (χ1n) is 6.65. The average molecular weight is 212 g/mol. The second kappa shape index (κ2) is 7.24. The largest absolute Gasteiger partial charge is 0.317 e. The van der Waals surface area contributed by atoms with Crippen LogP contribution >= 0.6 is 0 Å². The van der Waals surface area contributed by atoms with Crippen molar-refractivity contribution >= 4 is 0 Å². The summed E-state index contributed by atoms with van der Waals surface area (Å²) in [6.07, 6.45) is 7.13. The van der Waals surface area contributed by atoms with Crippen LogP contribution in [-0.4, -0.2) is 37.6 Å². The van der Waals surface area contributed by atoms with Crippen molar-refractivity contribution in [2.75, 3.05) is 26.7 Å². The summed E-state index contributed by atoms with van der Waals surface area (Å²) in [7, 11) is 2.29. The fourth-order valence-electron chi connectivity index (χ4n) is 2.49. The molecule has 1 rings (SSSR count). The molecule has 0 amide bonds. The molecule has 1 aliphatic carbocycles. The van der Waals surface area contributed by atoms with Crippen LogP contribution < -0.4 is 5.32 Å². The van der Waals surface area contributed by atoms with Crippen molar-refractivity contribution < 1.29 is 0 Å². The van der Waals surface area contributed by atoms with Crippen molar-refractivity contribution in [1.29, 1.82) is 0 Å². The Bertz CT molecular complexity index is 153. The van der Waals surface area contributed by atoms with Gasteiger partial charge in [-0.15, -0.1) is 0 Å². The topological polar surface area (TPSA) is 15.3 Å².